The van der Waals surface area contributed by atoms with E-state index in [1.807, 2.05) is 19.1 Å². The Morgan fingerprint density at radius 1 is 1.27 bits per heavy atom. The van der Waals surface area contributed by atoms with Crippen LogP contribution >= 0.6 is 11.6 Å². The Labute approximate surface area is 157 Å². The van der Waals surface area contributed by atoms with Crippen LogP contribution < -0.4 is 5.32 Å². The van der Waals surface area contributed by atoms with Gasteiger partial charge in [0, 0.05) is 29.2 Å². The SMILES string of the molecule is CCC(C(=O)N1C2CCNCC1CC2)n1nnc(-c2ccc(Cl)cc2)n1. The molecule has 8 heteroatoms. The summed E-state index contributed by atoms with van der Waals surface area (Å²) in [5.41, 5.74) is 0.835. The number of benzene rings is 1. The predicted octanol–water partition coefficient (Wildman–Crippen LogP) is 2.30. The van der Waals surface area contributed by atoms with Crippen LogP contribution in [0.5, 0.6) is 0 Å². The molecule has 138 valence electrons. The van der Waals surface area contributed by atoms with Crippen molar-refractivity contribution in [3.8, 4) is 11.4 Å². The molecule has 0 radical (unpaired) electrons. The number of rotatable bonds is 4. The number of halogens is 1. The molecule has 2 saturated heterocycles. The number of carbonyl (C=O) groups excluding carboxylic acids is 1. The molecule has 2 bridgehead atoms. The molecule has 2 aliphatic rings. The van der Waals surface area contributed by atoms with Crippen LogP contribution in [-0.2, 0) is 4.79 Å². The maximum Gasteiger partial charge on any atom is 0.249 e. The number of hydrogen-bond acceptors (Lipinski definition) is 5. The summed E-state index contributed by atoms with van der Waals surface area (Å²) in [7, 11) is 0. The lowest BCUT2D eigenvalue weighted by Crippen LogP contribution is -2.46. The summed E-state index contributed by atoms with van der Waals surface area (Å²) in [6.07, 6.45) is 3.81. The highest BCUT2D eigenvalue weighted by atomic mass is 35.5. The van der Waals surface area contributed by atoms with Crippen molar-refractivity contribution in [3.05, 3.63) is 29.3 Å². The van der Waals surface area contributed by atoms with Gasteiger partial charge in [-0.05, 0) is 61.7 Å². The molecule has 1 N–H and O–H groups in total. The zero-order chi connectivity index (χ0) is 18.1. The normalized spacial score (nSPS) is 23.7. The summed E-state index contributed by atoms with van der Waals surface area (Å²) in [5, 5.41) is 16.9. The Morgan fingerprint density at radius 2 is 2.04 bits per heavy atom. The van der Waals surface area contributed by atoms with E-state index in [9.17, 15) is 4.79 Å². The van der Waals surface area contributed by atoms with E-state index in [1.165, 1.54) is 4.80 Å². The van der Waals surface area contributed by atoms with Gasteiger partial charge in [-0.3, -0.25) is 4.79 Å². The number of amides is 1. The molecular weight excluding hydrogens is 352 g/mol. The molecule has 1 amide bonds. The van der Waals surface area contributed by atoms with Gasteiger partial charge in [0.2, 0.25) is 11.7 Å². The summed E-state index contributed by atoms with van der Waals surface area (Å²) < 4.78 is 0. The van der Waals surface area contributed by atoms with Crippen molar-refractivity contribution in [2.24, 2.45) is 0 Å². The maximum atomic E-state index is 13.3. The molecule has 2 aliphatic heterocycles. The highest BCUT2D eigenvalue weighted by Crippen LogP contribution is 2.31. The predicted molar refractivity (Wildman–Crippen MR) is 98.7 cm³/mol. The fourth-order valence-electron chi connectivity index (χ4n) is 4.02. The molecule has 3 atom stereocenters. The minimum Gasteiger partial charge on any atom is -0.333 e. The van der Waals surface area contributed by atoms with E-state index < -0.39 is 6.04 Å². The second-order valence-electron chi connectivity index (χ2n) is 6.99. The second-order valence-corrected chi connectivity index (χ2v) is 7.42. The Balaban J connectivity index is 1.57. The van der Waals surface area contributed by atoms with E-state index in [2.05, 4.69) is 25.6 Å². The average molecular weight is 375 g/mol. The zero-order valence-corrected chi connectivity index (χ0v) is 15.6. The largest absolute Gasteiger partial charge is 0.333 e. The van der Waals surface area contributed by atoms with Crippen LogP contribution in [0.1, 0.15) is 38.6 Å². The number of nitrogens with zero attached hydrogens (tertiary/aromatic N) is 5. The van der Waals surface area contributed by atoms with Gasteiger partial charge in [0.15, 0.2) is 6.04 Å². The van der Waals surface area contributed by atoms with Gasteiger partial charge in [0.05, 0.1) is 0 Å². The Hall–Kier alpha value is -1.99. The minimum absolute atomic E-state index is 0.115. The van der Waals surface area contributed by atoms with Gasteiger partial charge in [0.25, 0.3) is 0 Å². The molecule has 3 unspecified atom stereocenters. The number of nitrogens with one attached hydrogen (secondary N) is 1. The molecule has 0 aliphatic carbocycles. The lowest BCUT2D eigenvalue weighted by atomic mass is 10.1. The smallest absolute Gasteiger partial charge is 0.249 e. The van der Waals surface area contributed by atoms with E-state index in [0.717, 1.165) is 37.9 Å². The third-order valence-electron chi connectivity index (χ3n) is 5.39. The van der Waals surface area contributed by atoms with Crippen molar-refractivity contribution in [2.45, 2.75) is 50.7 Å². The standard InChI is InChI=1S/C18H23ClN6O/c1-2-16(18(26)24-14-7-8-15(24)11-20-10-9-14)25-22-17(21-23-25)12-3-5-13(19)6-4-12/h3-6,14-16,20H,2,7-11H2,1H3. The third-order valence-corrected chi connectivity index (χ3v) is 5.64. The van der Waals surface area contributed by atoms with Crippen molar-refractivity contribution in [1.82, 2.24) is 30.4 Å². The molecule has 4 rings (SSSR count). The van der Waals surface area contributed by atoms with Crippen molar-refractivity contribution >= 4 is 17.5 Å². The molecule has 3 heterocycles. The quantitative estimate of drug-likeness (QED) is 0.888. The topological polar surface area (TPSA) is 75.9 Å². The van der Waals surface area contributed by atoms with Crippen molar-refractivity contribution in [1.29, 1.82) is 0 Å². The number of aromatic nitrogens is 4. The second kappa shape index (κ2) is 7.32. The van der Waals surface area contributed by atoms with E-state index in [1.54, 1.807) is 12.1 Å². The summed E-state index contributed by atoms with van der Waals surface area (Å²) in [6.45, 7) is 3.84. The highest BCUT2D eigenvalue weighted by Gasteiger charge is 2.41. The average Bonchev–Trinajstić information content (AvgIpc) is 3.20. The third kappa shape index (κ3) is 3.21. The van der Waals surface area contributed by atoms with E-state index in [-0.39, 0.29) is 11.9 Å². The van der Waals surface area contributed by atoms with Crippen LogP contribution in [0.2, 0.25) is 5.02 Å². The van der Waals surface area contributed by atoms with Gasteiger partial charge in [-0.1, -0.05) is 18.5 Å². The van der Waals surface area contributed by atoms with Gasteiger partial charge < -0.3 is 10.2 Å². The first-order valence-electron chi connectivity index (χ1n) is 9.25. The molecule has 0 saturated carbocycles. The number of carbonyl (C=O) groups is 1. The summed E-state index contributed by atoms with van der Waals surface area (Å²) >= 11 is 5.93. The van der Waals surface area contributed by atoms with Gasteiger partial charge in [-0.2, -0.15) is 4.80 Å². The van der Waals surface area contributed by atoms with Gasteiger partial charge in [-0.25, -0.2) is 0 Å². The van der Waals surface area contributed by atoms with Crippen molar-refractivity contribution in [3.63, 3.8) is 0 Å². The van der Waals surface area contributed by atoms with Gasteiger partial charge >= 0.3 is 0 Å². The number of hydrogen-bond donors (Lipinski definition) is 1. The van der Waals surface area contributed by atoms with E-state index >= 15 is 0 Å². The maximum absolute atomic E-state index is 13.3. The van der Waals surface area contributed by atoms with Crippen LogP contribution in [0.15, 0.2) is 24.3 Å². The lowest BCUT2D eigenvalue weighted by Gasteiger charge is -2.30. The van der Waals surface area contributed by atoms with Crippen LogP contribution in [0, 0.1) is 0 Å². The summed E-state index contributed by atoms with van der Waals surface area (Å²) in [4.78, 5) is 16.8. The number of fused-ring (bicyclic) bond motifs is 2. The van der Waals surface area contributed by atoms with Crippen molar-refractivity contribution in [2.75, 3.05) is 13.1 Å². The van der Waals surface area contributed by atoms with Crippen LogP contribution in [0.25, 0.3) is 11.4 Å². The fraction of sp³-hybridized carbons (Fsp3) is 0.556. The molecule has 2 aromatic rings. The molecule has 7 nitrogen and oxygen atoms in total. The minimum atomic E-state index is -0.412. The fourth-order valence-corrected chi connectivity index (χ4v) is 4.15. The number of tetrazole rings is 1. The zero-order valence-electron chi connectivity index (χ0n) is 14.8. The Bertz CT molecular complexity index is 762. The molecule has 1 aromatic heterocycles. The molecular formula is C18H23ClN6O. The Morgan fingerprint density at radius 3 is 2.81 bits per heavy atom. The monoisotopic (exact) mass is 374 g/mol. The van der Waals surface area contributed by atoms with Gasteiger partial charge in [0.1, 0.15) is 0 Å². The highest BCUT2D eigenvalue weighted by molar-refractivity contribution is 6.30. The van der Waals surface area contributed by atoms with E-state index in [4.69, 9.17) is 11.6 Å². The first kappa shape index (κ1) is 17.4. The first-order valence-corrected chi connectivity index (χ1v) is 9.63. The van der Waals surface area contributed by atoms with Crippen LogP contribution in [-0.4, -0.2) is 56.2 Å². The van der Waals surface area contributed by atoms with E-state index in [0.29, 0.717) is 23.3 Å². The first-order chi connectivity index (χ1) is 12.7. The summed E-state index contributed by atoms with van der Waals surface area (Å²) in [6, 6.07) is 7.49. The Kier molecular flexibility index (Phi) is 4.91. The molecule has 26 heavy (non-hydrogen) atoms. The lowest BCUT2D eigenvalue weighted by molar-refractivity contribution is -0.138. The molecule has 1 aromatic carbocycles. The summed E-state index contributed by atoms with van der Waals surface area (Å²) in [5.74, 6) is 0.622. The van der Waals surface area contributed by atoms with Crippen molar-refractivity contribution < 1.29 is 4.79 Å². The van der Waals surface area contributed by atoms with Crippen LogP contribution in [0.4, 0.5) is 0 Å². The van der Waals surface area contributed by atoms with Crippen LogP contribution in [0.3, 0.4) is 0 Å². The molecule has 0 spiro atoms. The molecule has 2 fully saturated rings. The van der Waals surface area contributed by atoms with Gasteiger partial charge in [-0.15, -0.1) is 10.2 Å².